The predicted molar refractivity (Wildman–Crippen MR) is 140 cm³/mol. The third kappa shape index (κ3) is 3.01. The van der Waals surface area contributed by atoms with Crippen LogP contribution >= 0.6 is 0 Å². The van der Waals surface area contributed by atoms with Crippen molar-refractivity contribution in [2.24, 2.45) is 51.8 Å². The van der Waals surface area contributed by atoms with Gasteiger partial charge in [0.05, 0.1) is 30.0 Å². The number of ether oxygens (including phenoxy) is 1. The largest absolute Gasteiger partial charge is 0.497 e. The molecule has 2 bridgehead atoms. The van der Waals surface area contributed by atoms with E-state index in [2.05, 4.69) is 26.8 Å². The third-order valence-electron chi connectivity index (χ3n) is 11.5. The van der Waals surface area contributed by atoms with E-state index in [1.165, 1.54) is 10.5 Å². The molecule has 6 aliphatic rings. The van der Waals surface area contributed by atoms with Crippen LogP contribution in [0.5, 0.6) is 5.75 Å². The number of hydrogen-bond acceptors (Lipinski definition) is 4. The Morgan fingerprint density at radius 1 is 1.05 bits per heavy atom. The summed E-state index contributed by atoms with van der Waals surface area (Å²) >= 11 is 0. The van der Waals surface area contributed by atoms with Crippen LogP contribution in [0.2, 0.25) is 0 Å². The second-order valence-corrected chi connectivity index (χ2v) is 13.2. The summed E-state index contributed by atoms with van der Waals surface area (Å²) in [4.78, 5) is 42.3. The number of anilines is 1. The summed E-state index contributed by atoms with van der Waals surface area (Å²) in [6.45, 7) is 8.66. The van der Waals surface area contributed by atoms with Crippen LogP contribution in [0.1, 0.15) is 66.2 Å². The molecule has 4 fully saturated rings. The first-order valence-corrected chi connectivity index (χ1v) is 14.0. The molecule has 8 unspecified atom stereocenters. The molecule has 2 amide bonds. The lowest BCUT2D eigenvalue weighted by Gasteiger charge is -2.68. The fourth-order valence-electron chi connectivity index (χ4n) is 9.94. The maximum absolute atomic E-state index is 14.3. The van der Waals surface area contributed by atoms with Gasteiger partial charge in [0.2, 0.25) is 11.8 Å². The molecule has 37 heavy (non-hydrogen) atoms. The van der Waals surface area contributed by atoms with Crippen molar-refractivity contribution in [3.05, 3.63) is 35.9 Å². The number of benzene rings is 1. The van der Waals surface area contributed by atoms with Gasteiger partial charge >= 0.3 is 5.97 Å². The van der Waals surface area contributed by atoms with E-state index in [1.807, 2.05) is 6.92 Å². The minimum absolute atomic E-state index is 0.0326. The highest BCUT2D eigenvalue weighted by molar-refractivity contribution is 6.23. The van der Waals surface area contributed by atoms with E-state index in [0.717, 1.165) is 32.1 Å². The summed E-state index contributed by atoms with van der Waals surface area (Å²) in [5.74, 6) is -0.213. The van der Waals surface area contributed by atoms with Crippen molar-refractivity contribution < 1.29 is 24.2 Å². The highest BCUT2D eigenvalue weighted by Crippen LogP contribution is 2.74. The average Bonchev–Trinajstić information content (AvgIpc) is 3.15. The Balaban J connectivity index is 1.47. The zero-order chi connectivity index (χ0) is 26.5. The Morgan fingerprint density at radius 3 is 2.38 bits per heavy atom. The number of carbonyl (C=O) groups excluding carboxylic acids is 2. The number of allylic oxidation sites excluding steroid dienone is 2. The molecule has 7 rings (SSSR count). The first kappa shape index (κ1) is 24.7. The predicted octanol–water partition coefficient (Wildman–Crippen LogP) is 5.71. The lowest BCUT2D eigenvalue weighted by atomic mass is 9.34. The van der Waals surface area contributed by atoms with Gasteiger partial charge in [-0.05, 0) is 92.4 Å². The van der Waals surface area contributed by atoms with Crippen molar-refractivity contribution in [3.63, 3.8) is 0 Å². The highest BCUT2D eigenvalue weighted by Gasteiger charge is 2.73. The summed E-state index contributed by atoms with van der Waals surface area (Å²) in [6.07, 6.45) is 7.47. The zero-order valence-corrected chi connectivity index (χ0v) is 22.6. The molecule has 3 saturated carbocycles. The number of amides is 2. The topological polar surface area (TPSA) is 83.9 Å². The second kappa shape index (κ2) is 7.94. The number of methoxy groups -OCH3 is 1. The van der Waals surface area contributed by atoms with Gasteiger partial charge in [0, 0.05) is 5.41 Å². The van der Waals surface area contributed by atoms with Crippen molar-refractivity contribution in [2.75, 3.05) is 12.0 Å². The monoisotopic (exact) mass is 505 g/mol. The smallest absolute Gasteiger partial charge is 0.309 e. The Labute approximate surface area is 219 Å². The van der Waals surface area contributed by atoms with E-state index in [1.54, 1.807) is 31.4 Å². The van der Waals surface area contributed by atoms with Gasteiger partial charge in [-0.1, -0.05) is 38.8 Å². The van der Waals surface area contributed by atoms with Gasteiger partial charge in [-0.2, -0.15) is 0 Å². The van der Waals surface area contributed by atoms with E-state index in [0.29, 0.717) is 23.8 Å². The standard InChI is InChI=1S/C31H39NO5/c1-17(2)21-16-31-14-11-22-29(3,12-6-13-30(22,4)28(35)36)23(31)15-20(21)24-25(31)27(34)32(26(24)33)18-7-9-19(37-5)10-8-18/h7-10,16-17,20,22-25H,6,11-15H2,1-5H3,(H,35,36). The number of carbonyl (C=O) groups is 3. The van der Waals surface area contributed by atoms with Crippen molar-refractivity contribution in [3.8, 4) is 5.75 Å². The molecule has 8 atom stereocenters. The summed E-state index contributed by atoms with van der Waals surface area (Å²) in [7, 11) is 1.60. The third-order valence-corrected chi connectivity index (χ3v) is 11.5. The molecule has 5 aliphatic carbocycles. The summed E-state index contributed by atoms with van der Waals surface area (Å²) in [5, 5.41) is 10.3. The lowest BCUT2D eigenvalue weighted by molar-refractivity contribution is -0.194. The minimum Gasteiger partial charge on any atom is -0.497 e. The van der Waals surface area contributed by atoms with Gasteiger partial charge < -0.3 is 9.84 Å². The van der Waals surface area contributed by atoms with E-state index in [-0.39, 0.29) is 46.8 Å². The number of imide groups is 1. The van der Waals surface area contributed by atoms with Gasteiger partial charge in [-0.25, -0.2) is 0 Å². The molecule has 198 valence electrons. The van der Waals surface area contributed by atoms with Crippen LogP contribution in [0.15, 0.2) is 35.9 Å². The van der Waals surface area contributed by atoms with Crippen LogP contribution in [0.4, 0.5) is 5.69 Å². The first-order chi connectivity index (χ1) is 17.5. The second-order valence-electron chi connectivity index (χ2n) is 13.2. The van der Waals surface area contributed by atoms with Gasteiger partial charge in [-0.15, -0.1) is 0 Å². The van der Waals surface area contributed by atoms with Gasteiger partial charge in [-0.3, -0.25) is 19.3 Å². The van der Waals surface area contributed by atoms with Crippen LogP contribution in [0.3, 0.4) is 0 Å². The molecule has 1 N–H and O–H groups in total. The maximum atomic E-state index is 14.3. The molecule has 6 heteroatoms. The van der Waals surface area contributed by atoms with Crippen LogP contribution in [-0.2, 0) is 14.4 Å². The van der Waals surface area contributed by atoms with E-state index >= 15 is 0 Å². The molecule has 1 spiro atoms. The molecule has 1 aliphatic heterocycles. The van der Waals surface area contributed by atoms with Crippen LogP contribution in [0, 0.1) is 51.8 Å². The Morgan fingerprint density at radius 2 is 1.76 bits per heavy atom. The highest BCUT2D eigenvalue weighted by atomic mass is 16.5. The minimum atomic E-state index is -0.736. The van der Waals surface area contributed by atoms with Crippen molar-refractivity contribution in [2.45, 2.75) is 66.2 Å². The SMILES string of the molecule is COc1ccc(N2C(=O)C3C4CC5C6(C)CCCC(C)(C(=O)O)C6CCC5(C=C4C(C)C)C3C2=O)cc1. The molecule has 1 saturated heterocycles. The van der Waals surface area contributed by atoms with Gasteiger partial charge in [0.1, 0.15) is 5.75 Å². The van der Waals surface area contributed by atoms with E-state index < -0.39 is 16.8 Å². The molecule has 1 aromatic carbocycles. The Hall–Kier alpha value is -2.63. The average molecular weight is 506 g/mol. The summed E-state index contributed by atoms with van der Waals surface area (Å²) in [6, 6.07) is 7.20. The quantitative estimate of drug-likeness (QED) is 0.419. The van der Waals surface area contributed by atoms with Crippen molar-refractivity contribution >= 4 is 23.5 Å². The zero-order valence-electron chi connectivity index (χ0n) is 22.6. The fraction of sp³-hybridized carbons (Fsp3) is 0.645. The molecule has 1 aromatic rings. The number of fused-ring (bicyclic) bond motifs is 1. The van der Waals surface area contributed by atoms with Crippen LogP contribution in [0.25, 0.3) is 0 Å². The normalized spacial score (nSPS) is 42.3. The molecular weight excluding hydrogens is 466 g/mol. The summed E-state index contributed by atoms with van der Waals surface area (Å²) in [5.41, 5.74) is 0.645. The van der Waals surface area contributed by atoms with Gasteiger partial charge in [0.15, 0.2) is 0 Å². The molecule has 0 radical (unpaired) electrons. The van der Waals surface area contributed by atoms with Crippen molar-refractivity contribution in [1.29, 1.82) is 0 Å². The van der Waals surface area contributed by atoms with Crippen LogP contribution < -0.4 is 9.64 Å². The Bertz CT molecular complexity index is 1200. The Kier molecular flexibility index (Phi) is 5.30. The first-order valence-electron chi connectivity index (χ1n) is 14.0. The lowest BCUT2D eigenvalue weighted by Crippen LogP contribution is -2.65. The molecule has 0 aromatic heterocycles. The number of nitrogens with zero attached hydrogens (tertiary/aromatic N) is 1. The number of carboxylic acid groups (broad SMARTS) is 1. The van der Waals surface area contributed by atoms with Crippen LogP contribution in [-0.4, -0.2) is 30.0 Å². The number of carboxylic acids is 1. The fourth-order valence-corrected chi connectivity index (χ4v) is 9.94. The molecule has 1 heterocycles. The summed E-state index contributed by atoms with van der Waals surface area (Å²) < 4.78 is 5.29. The number of hydrogen-bond donors (Lipinski definition) is 1. The van der Waals surface area contributed by atoms with E-state index in [9.17, 15) is 19.5 Å². The maximum Gasteiger partial charge on any atom is 0.309 e. The molecular formula is C31H39NO5. The number of aliphatic carboxylic acids is 1. The van der Waals surface area contributed by atoms with Gasteiger partial charge in [0.25, 0.3) is 0 Å². The van der Waals surface area contributed by atoms with Crippen molar-refractivity contribution in [1.82, 2.24) is 0 Å². The number of rotatable bonds is 4. The van der Waals surface area contributed by atoms with E-state index in [4.69, 9.17) is 4.74 Å². The molecule has 6 nitrogen and oxygen atoms in total.